The van der Waals surface area contributed by atoms with Crippen LogP contribution in [0.2, 0.25) is 0 Å². The van der Waals surface area contributed by atoms with Crippen molar-refractivity contribution in [1.29, 1.82) is 0 Å². The Bertz CT molecular complexity index is 950. The van der Waals surface area contributed by atoms with Crippen LogP contribution < -0.4 is 5.32 Å². The van der Waals surface area contributed by atoms with E-state index in [-0.39, 0.29) is 17.4 Å². The van der Waals surface area contributed by atoms with E-state index in [4.69, 9.17) is 8.94 Å². The summed E-state index contributed by atoms with van der Waals surface area (Å²) in [7, 11) is 0. The summed E-state index contributed by atoms with van der Waals surface area (Å²) in [6.45, 7) is 4.91. The van der Waals surface area contributed by atoms with E-state index >= 15 is 0 Å². The predicted octanol–water partition coefficient (Wildman–Crippen LogP) is 3.27. The minimum absolute atomic E-state index is 0.0558. The molecule has 0 fully saturated rings. The van der Waals surface area contributed by atoms with Gasteiger partial charge in [0.1, 0.15) is 10.8 Å². The Kier molecular flexibility index (Phi) is 5.17. The molecule has 0 aliphatic rings. The van der Waals surface area contributed by atoms with Crippen LogP contribution in [0.5, 0.6) is 0 Å². The van der Waals surface area contributed by atoms with E-state index in [9.17, 15) is 9.59 Å². The zero-order valence-electron chi connectivity index (χ0n) is 14.4. The third kappa shape index (κ3) is 3.99. The van der Waals surface area contributed by atoms with Gasteiger partial charge in [-0.3, -0.25) is 9.59 Å². The lowest BCUT2D eigenvalue weighted by Crippen LogP contribution is -2.15. The molecule has 0 bridgehead atoms. The van der Waals surface area contributed by atoms with Crippen LogP contribution in [0.4, 0.5) is 5.82 Å². The Labute approximate surface area is 153 Å². The first kappa shape index (κ1) is 17.9. The van der Waals surface area contributed by atoms with Gasteiger partial charge in [0, 0.05) is 6.07 Å². The van der Waals surface area contributed by atoms with Gasteiger partial charge in [0.25, 0.3) is 0 Å². The number of Topliss-reactive ketones (excluding diaryl/α,β-unsaturated/α-hetero) is 1. The van der Waals surface area contributed by atoms with Crippen molar-refractivity contribution >= 4 is 29.3 Å². The van der Waals surface area contributed by atoms with Gasteiger partial charge in [0.15, 0.2) is 23.2 Å². The quantitative estimate of drug-likeness (QED) is 0.399. The van der Waals surface area contributed by atoms with Crippen molar-refractivity contribution in [2.45, 2.75) is 25.8 Å². The molecule has 0 saturated carbocycles. The second-order valence-electron chi connectivity index (χ2n) is 5.51. The summed E-state index contributed by atoms with van der Waals surface area (Å²) in [6.07, 6.45) is 1.52. The number of furan rings is 1. The van der Waals surface area contributed by atoms with E-state index in [2.05, 4.69) is 20.4 Å². The number of amides is 1. The minimum atomic E-state index is -0.284. The Hall–Kier alpha value is -2.94. The van der Waals surface area contributed by atoms with Crippen molar-refractivity contribution < 1.29 is 18.5 Å². The molecule has 3 aromatic heterocycles. The maximum absolute atomic E-state index is 12.1. The van der Waals surface area contributed by atoms with Crippen molar-refractivity contribution in [3.05, 3.63) is 41.5 Å². The molecule has 0 spiro atoms. The summed E-state index contributed by atoms with van der Waals surface area (Å²) in [5.41, 5.74) is 0.935. The third-order valence-corrected chi connectivity index (χ3v) is 4.36. The minimum Gasteiger partial charge on any atom is -0.461 e. The van der Waals surface area contributed by atoms with Crippen molar-refractivity contribution in [1.82, 2.24) is 15.1 Å². The van der Waals surface area contributed by atoms with Gasteiger partial charge in [-0.25, -0.2) is 9.97 Å². The zero-order chi connectivity index (χ0) is 18.7. The van der Waals surface area contributed by atoms with Crippen molar-refractivity contribution in [2.24, 2.45) is 0 Å². The number of thioether (sulfide) groups is 1. The van der Waals surface area contributed by atoms with Crippen LogP contribution in [0, 0.1) is 13.8 Å². The Morgan fingerprint density at radius 1 is 1.27 bits per heavy atom. The molecule has 8 nitrogen and oxygen atoms in total. The van der Waals surface area contributed by atoms with Crippen molar-refractivity contribution in [2.75, 3.05) is 11.1 Å². The standard InChI is InChI=1S/C17H16N4O4S/c1-9-7-13(21-25-9)19-14(23)8-26-17-15(11(3)22)10(2)18-16(20-17)12-5-4-6-24-12/h4-7H,8H2,1-3H3,(H,19,21,23). The van der Waals surface area contributed by atoms with Gasteiger partial charge >= 0.3 is 0 Å². The average Bonchev–Trinajstić information content (AvgIpc) is 3.24. The van der Waals surface area contributed by atoms with Gasteiger partial charge in [-0.2, -0.15) is 0 Å². The molecule has 26 heavy (non-hydrogen) atoms. The number of ketones is 1. The van der Waals surface area contributed by atoms with Gasteiger partial charge in [-0.15, -0.1) is 0 Å². The highest BCUT2D eigenvalue weighted by Gasteiger charge is 2.19. The van der Waals surface area contributed by atoms with Crippen LogP contribution in [0.25, 0.3) is 11.6 Å². The molecule has 1 amide bonds. The topological polar surface area (TPSA) is 111 Å². The van der Waals surface area contributed by atoms with Crippen LogP contribution in [0.1, 0.15) is 28.7 Å². The number of aryl methyl sites for hydroxylation is 2. The van der Waals surface area contributed by atoms with E-state index in [1.807, 2.05) is 0 Å². The summed E-state index contributed by atoms with van der Waals surface area (Å²) in [5.74, 6) is 1.41. The second kappa shape index (κ2) is 7.52. The fraction of sp³-hybridized carbons (Fsp3) is 0.235. The smallest absolute Gasteiger partial charge is 0.236 e. The summed E-state index contributed by atoms with van der Waals surface area (Å²) < 4.78 is 10.2. The van der Waals surface area contributed by atoms with Gasteiger partial charge in [0.05, 0.1) is 23.3 Å². The third-order valence-electron chi connectivity index (χ3n) is 3.39. The molecule has 9 heteroatoms. The molecule has 0 aliphatic carbocycles. The lowest BCUT2D eigenvalue weighted by atomic mass is 10.2. The van der Waals surface area contributed by atoms with Gasteiger partial charge in [0.2, 0.25) is 5.91 Å². The SMILES string of the molecule is CC(=O)c1c(C)nc(-c2ccco2)nc1SCC(=O)Nc1cc(C)on1. The number of hydrogen-bond acceptors (Lipinski definition) is 8. The number of hydrogen-bond donors (Lipinski definition) is 1. The number of rotatable bonds is 6. The summed E-state index contributed by atoms with van der Waals surface area (Å²) in [6, 6.07) is 5.08. The van der Waals surface area contributed by atoms with Crippen LogP contribution in [0.3, 0.4) is 0 Å². The van der Waals surface area contributed by atoms with Crippen molar-refractivity contribution in [3.8, 4) is 11.6 Å². The van der Waals surface area contributed by atoms with Crippen molar-refractivity contribution in [3.63, 3.8) is 0 Å². The first-order chi connectivity index (χ1) is 12.4. The van der Waals surface area contributed by atoms with E-state index in [1.165, 1.54) is 13.2 Å². The molecule has 0 aliphatic heterocycles. The number of nitrogens with one attached hydrogen (secondary N) is 1. The Balaban J connectivity index is 1.80. The van der Waals surface area contributed by atoms with Gasteiger partial charge in [-0.1, -0.05) is 16.9 Å². The van der Waals surface area contributed by atoms with Crippen LogP contribution in [-0.4, -0.2) is 32.6 Å². The number of carbonyl (C=O) groups is 2. The van der Waals surface area contributed by atoms with Crippen LogP contribution in [0.15, 0.2) is 38.4 Å². The highest BCUT2D eigenvalue weighted by molar-refractivity contribution is 8.00. The molecule has 0 saturated heterocycles. The molecule has 3 rings (SSSR count). The largest absolute Gasteiger partial charge is 0.461 e. The monoisotopic (exact) mass is 372 g/mol. The van der Waals surface area contributed by atoms with E-state index in [1.54, 1.807) is 32.0 Å². The van der Waals surface area contributed by atoms with E-state index in [0.717, 1.165) is 11.8 Å². The molecule has 0 unspecified atom stereocenters. The van der Waals surface area contributed by atoms with Crippen LogP contribution >= 0.6 is 11.8 Å². The number of carbonyl (C=O) groups excluding carboxylic acids is 2. The maximum Gasteiger partial charge on any atom is 0.236 e. The average molecular weight is 372 g/mol. The fourth-order valence-corrected chi connectivity index (χ4v) is 3.24. The maximum atomic E-state index is 12.1. The van der Waals surface area contributed by atoms with E-state index in [0.29, 0.717) is 39.4 Å². The summed E-state index contributed by atoms with van der Waals surface area (Å²) in [4.78, 5) is 32.8. The lowest BCUT2D eigenvalue weighted by molar-refractivity contribution is -0.113. The molecule has 134 valence electrons. The second-order valence-corrected chi connectivity index (χ2v) is 6.47. The number of nitrogens with zero attached hydrogens (tertiary/aromatic N) is 3. The van der Waals surface area contributed by atoms with E-state index < -0.39 is 0 Å². The molecule has 3 aromatic rings. The summed E-state index contributed by atoms with van der Waals surface area (Å²) >= 11 is 1.15. The fourth-order valence-electron chi connectivity index (χ4n) is 2.31. The highest BCUT2D eigenvalue weighted by atomic mass is 32.2. The molecule has 1 N–H and O–H groups in total. The molecule has 0 radical (unpaired) electrons. The predicted molar refractivity (Wildman–Crippen MR) is 95.1 cm³/mol. The lowest BCUT2D eigenvalue weighted by Gasteiger charge is -2.10. The van der Waals surface area contributed by atoms with Gasteiger partial charge in [-0.05, 0) is 32.9 Å². The Morgan fingerprint density at radius 3 is 2.69 bits per heavy atom. The molecule has 0 atom stereocenters. The first-order valence-electron chi connectivity index (χ1n) is 7.73. The first-order valence-corrected chi connectivity index (χ1v) is 8.72. The molecular formula is C17H16N4O4S. The summed E-state index contributed by atoms with van der Waals surface area (Å²) in [5, 5.41) is 6.77. The number of aromatic nitrogens is 3. The normalized spacial score (nSPS) is 10.7. The highest BCUT2D eigenvalue weighted by Crippen LogP contribution is 2.27. The molecule has 0 aromatic carbocycles. The molecular weight excluding hydrogens is 356 g/mol. The zero-order valence-corrected chi connectivity index (χ0v) is 15.2. The van der Waals surface area contributed by atoms with Crippen LogP contribution in [-0.2, 0) is 4.79 Å². The molecule has 3 heterocycles. The van der Waals surface area contributed by atoms with Gasteiger partial charge < -0.3 is 14.3 Å². The number of anilines is 1. The Morgan fingerprint density at radius 2 is 2.08 bits per heavy atom.